The van der Waals surface area contributed by atoms with Gasteiger partial charge >= 0.3 is 0 Å². The number of hydrogen-bond acceptors (Lipinski definition) is 2. The molecule has 0 spiro atoms. The van der Waals surface area contributed by atoms with Crippen molar-refractivity contribution in [2.45, 2.75) is 32.4 Å². The minimum Gasteiger partial charge on any atom is -0.328 e. The summed E-state index contributed by atoms with van der Waals surface area (Å²) >= 11 is 0. The number of nitrogens with two attached hydrogens (primary N) is 1. The zero-order valence-corrected chi connectivity index (χ0v) is 9.45. The van der Waals surface area contributed by atoms with Crippen molar-refractivity contribution in [1.29, 1.82) is 0 Å². The summed E-state index contributed by atoms with van der Waals surface area (Å²) in [4.78, 5) is 2.50. The molecule has 2 nitrogen and oxygen atoms in total. The van der Waals surface area contributed by atoms with E-state index in [0.29, 0.717) is 6.04 Å². The van der Waals surface area contributed by atoms with Crippen LogP contribution in [0.5, 0.6) is 0 Å². The molecule has 0 amide bonds. The van der Waals surface area contributed by atoms with Gasteiger partial charge in [-0.2, -0.15) is 0 Å². The van der Waals surface area contributed by atoms with Crippen LogP contribution in [0.3, 0.4) is 0 Å². The summed E-state index contributed by atoms with van der Waals surface area (Å²) in [6, 6.07) is 9.20. The Morgan fingerprint density at radius 1 is 1.33 bits per heavy atom. The van der Waals surface area contributed by atoms with E-state index in [1.54, 1.807) is 0 Å². The third-order valence-corrected chi connectivity index (χ3v) is 3.12. The smallest absolute Gasteiger partial charge is 0.0233 e. The zero-order chi connectivity index (χ0) is 10.7. The Morgan fingerprint density at radius 2 is 2.07 bits per heavy atom. The molecule has 0 saturated carbocycles. The monoisotopic (exact) mass is 204 g/mol. The predicted octanol–water partition coefficient (Wildman–Crippen LogP) is 1.92. The van der Waals surface area contributed by atoms with Crippen LogP contribution in [0, 0.1) is 6.92 Å². The van der Waals surface area contributed by atoms with E-state index in [2.05, 4.69) is 36.1 Å². The summed E-state index contributed by atoms with van der Waals surface area (Å²) in [5.74, 6) is 0. The highest BCUT2D eigenvalue weighted by atomic mass is 15.1. The van der Waals surface area contributed by atoms with Crippen LogP contribution in [0.15, 0.2) is 24.3 Å². The molecule has 1 aromatic carbocycles. The van der Waals surface area contributed by atoms with Crippen LogP contribution < -0.4 is 5.73 Å². The van der Waals surface area contributed by atoms with Gasteiger partial charge in [-0.05, 0) is 38.4 Å². The van der Waals surface area contributed by atoms with Crippen molar-refractivity contribution < 1.29 is 0 Å². The molecule has 2 N–H and O–H groups in total. The number of benzene rings is 1. The van der Waals surface area contributed by atoms with Gasteiger partial charge in [0.05, 0.1) is 0 Å². The first-order valence-corrected chi connectivity index (χ1v) is 5.77. The third-order valence-electron chi connectivity index (χ3n) is 3.12. The van der Waals surface area contributed by atoms with Gasteiger partial charge in [0.25, 0.3) is 0 Å². The van der Waals surface area contributed by atoms with Crippen molar-refractivity contribution in [3.63, 3.8) is 0 Å². The van der Waals surface area contributed by atoms with Gasteiger partial charge in [-0.3, -0.25) is 4.90 Å². The lowest BCUT2D eigenvalue weighted by Crippen LogP contribution is -2.39. The molecule has 1 heterocycles. The predicted molar refractivity (Wildman–Crippen MR) is 63.7 cm³/mol. The van der Waals surface area contributed by atoms with Crippen LogP contribution in [0.2, 0.25) is 0 Å². The summed E-state index contributed by atoms with van der Waals surface area (Å²) < 4.78 is 0. The standard InChI is InChI=1S/C13H20N2/c1-11-3-2-4-12(9-11)10-15-7-5-13(14)6-8-15/h2-4,9,13H,5-8,10,14H2,1H3. The molecule has 1 fully saturated rings. The number of hydrogen-bond donors (Lipinski definition) is 1. The van der Waals surface area contributed by atoms with E-state index in [9.17, 15) is 0 Å². The molecular formula is C13H20N2. The summed E-state index contributed by atoms with van der Waals surface area (Å²) in [6.45, 7) is 5.52. The second-order valence-corrected chi connectivity index (χ2v) is 4.60. The van der Waals surface area contributed by atoms with Gasteiger partial charge in [-0.15, -0.1) is 0 Å². The largest absolute Gasteiger partial charge is 0.328 e. The molecule has 1 aliphatic rings. The molecule has 1 saturated heterocycles. The second-order valence-electron chi connectivity index (χ2n) is 4.60. The van der Waals surface area contributed by atoms with E-state index in [1.807, 2.05) is 0 Å². The summed E-state index contributed by atoms with van der Waals surface area (Å²) in [7, 11) is 0. The Kier molecular flexibility index (Phi) is 3.39. The maximum absolute atomic E-state index is 5.89. The average Bonchev–Trinajstić information content (AvgIpc) is 2.22. The van der Waals surface area contributed by atoms with Crippen molar-refractivity contribution in [1.82, 2.24) is 4.90 Å². The Hall–Kier alpha value is -0.860. The quantitative estimate of drug-likeness (QED) is 0.797. The Morgan fingerprint density at radius 3 is 2.73 bits per heavy atom. The summed E-state index contributed by atoms with van der Waals surface area (Å²) in [5.41, 5.74) is 8.66. The fourth-order valence-corrected chi connectivity index (χ4v) is 2.18. The van der Waals surface area contributed by atoms with Crippen LogP contribution >= 0.6 is 0 Å². The molecule has 0 bridgehead atoms. The number of piperidine rings is 1. The number of rotatable bonds is 2. The van der Waals surface area contributed by atoms with E-state index in [0.717, 1.165) is 32.5 Å². The van der Waals surface area contributed by atoms with E-state index < -0.39 is 0 Å². The Labute approximate surface area is 92.1 Å². The highest BCUT2D eigenvalue weighted by Gasteiger charge is 2.15. The average molecular weight is 204 g/mol. The maximum Gasteiger partial charge on any atom is 0.0233 e. The van der Waals surface area contributed by atoms with Crippen LogP contribution in [0.4, 0.5) is 0 Å². The Bertz CT molecular complexity index is 314. The van der Waals surface area contributed by atoms with Crippen molar-refractivity contribution >= 4 is 0 Å². The zero-order valence-electron chi connectivity index (χ0n) is 9.45. The fraction of sp³-hybridized carbons (Fsp3) is 0.538. The van der Waals surface area contributed by atoms with E-state index >= 15 is 0 Å². The lowest BCUT2D eigenvalue weighted by atomic mass is 10.0. The highest BCUT2D eigenvalue weighted by molar-refractivity contribution is 5.22. The van der Waals surface area contributed by atoms with Crippen LogP contribution in [0.25, 0.3) is 0 Å². The molecule has 15 heavy (non-hydrogen) atoms. The lowest BCUT2D eigenvalue weighted by Gasteiger charge is -2.30. The van der Waals surface area contributed by atoms with Crippen molar-refractivity contribution in [2.75, 3.05) is 13.1 Å². The highest BCUT2D eigenvalue weighted by Crippen LogP contribution is 2.13. The van der Waals surface area contributed by atoms with Crippen LogP contribution in [0.1, 0.15) is 24.0 Å². The third kappa shape index (κ3) is 3.05. The van der Waals surface area contributed by atoms with Gasteiger partial charge in [-0.1, -0.05) is 29.8 Å². The number of nitrogens with zero attached hydrogens (tertiary/aromatic N) is 1. The van der Waals surface area contributed by atoms with Crippen LogP contribution in [-0.2, 0) is 6.54 Å². The molecule has 82 valence electrons. The fourth-order valence-electron chi connectivity index (χ4n) is 2.18. The molecule has 2 rings (SSSR count). The van der Waals surface area contributed by atoms with Gasteiger partial charge in [-0.25, -0.2) is 0 Å². The normalized spacial score (nSPS) is 19.3. The Balaban J connectivity index is 1.92. The first-order chi connectivity index (χ1) is 7.24. The first kappa shape index (κ1) is 10.7. The van der Waals surface area contributed by atoms with Gasteiger partial charge in [0.15, 0.2) is 0 Å². The molecule has 1 aliphatic heterocycles. The molecule has 0 radical (unpaired) electrons. The van der Waals surface area contributed by atoms with E-state index in [4.69, 9.17) is 5.73 Å². The molecule has 1 aromatic rings. The minimum absolute atomic E-state index is 0.429. The lowest BCUT2D eigenvalue weighted by molar-refractivity contribution is 0.205. The number of likely N-dealkylation sites (tertiary alicyclic amines) is 1. The number of aryl methyl sites for hydroxylation is 1. The molecule has 0 aliphatic carbocycles. The summed E-state index contributed by atoms with van der Waals surface area (Å²) in [5, 5.41) is 0. The molecule has 2 heteroatoms. The SMILES string of the molecule is Cc1cccc(CN2CCC(N)CC2)c1. The van der Waals surface area contributed by atoms with E-state index in [-0.39, 0.29) is 0 Å². The van der Waals surface area contributed by atoms with Gasteiger partial charge in [0.2, 0.25) is 0 Å². The van der Waals surface area contributed by atoms with Crippen molar-refractivity contribution in [2.24, 2.45) is 5.73 Å². The minimum atomic E-state index is 0.429. The topological polar surface area (TPSA) is 29.3 Å². The second kappa shape index (κ2) is 4.77. The van der Waals surface area contributed by atoms with E-state index in [1.165, 1.54) is 11.1 Å². The molecule has 0 aromatic heterocycles. The molecule has 0 atom stereocenters. The van der Waals surface area contributed by atoms with Gasteiger partial charge in [0, 0.05) is 12.6 Å². The van der Waals surface area contributed by atoms with Crippen LogP contribution in [-0.4, -0.2) is 24.0 Å². The van der Waals surface area contributed by atoms with Crippen molar-refractivity contribution in [3.8, 4) is 0 Å². The molecule has 0 unspecified atom stereocenters. The van der Waals surface area contributed by atoms with Gasteiger partial charge in [0.1, 0.15) is 0 Å². The first-order valence-electron chi connectivity index (χ1n) is 5.77. The van der Waals surface area contributed by atoms with Gasteiger partial charge < -0.3 is 5.73 Å². The maximum atomic E-state index is 5.89. The van der Waals surface area contributed by atoms with Crippen molar-refractivity contribution in [3.05, 3.63) is 35.4 Å². The summed E-state index contributed by atoms with van der Waals surface area (Å²) in [6.07, 6.45) is 2.29. The molecular weight excluding hydrogens is 184 g/mol.